The van der Waals surface area contributed by atoms with Crippen LogP contribution in [0, 0.1) is 13.8 Å². The Labute approximate surface area is 119 Å². The summed E-state index contributed by atoms with van der Waals surface area (Å²) >= 11 is 3.49. The Bertz CT molecular complexity index is 617. The highest BCUT2D eigenvalue weighted by atomic mass is 79.9. The van der Waals surface area contributed by atoms with Gasteiger partial charge in [-0.25, -0.2) is 9.78 Å². The molecule has 0 atom stereocenters. The molecule has 1 aromatic heterocycles. The van der Waals surface area contributed by atoms with E-state index in [1.54, 1.807) is 6.07 Å². The van der Waals surface area contributed by atoms with Crippen LogP contribution in [0.15, 0.2) is 34.9 Å². The lowest BCUT2D eigenvalue weighted by Gasteiger charge is -2.10. The van der Waals surface area contributed by atoms with Gasteiger partial charge in [0.25, 0.3) is 0 Å². The van der Waals surface area contributed by atoms with Gasteiger partial charge in [-0.1, -0.05) is 15.9 Å². The van der Waals surface area contributed by atoms with E-state index >= 15 is 0 Å². The number of rotatable bonds is 3. The molecule has 19 heavy (non-hydrogen) atoms. The van der Waals surface area contributed by atoms with E-state index in [1.807, 2.05) is 26.0 Å². The molecule has 0 aliphatic heterocycles. The van der Waals surface area contributed by atoms with Crippen molar-refractivity contribution in [3.05, 3.63) is 51.8 Å². The molecule has 1 N–H and O–H groups in total. The normalized spacial score (nSPS) is 10.3. The fraction of sp³-hybridized carbons (Fsp3) is 0.143. The third-order valence-electron chi connectivity index (χ3n) is 2.60. The first-order valence-electron chi connectivity index (χ1n) is 5.61. The van der Waals surface area contributed by atoms with Crippen molar-refractivity contribution < 1.29 is 14.6 Å². The number of aryl methyl sites for hydroxylation is 2. The van der Waals surface area contributed by atoms with Crippen molar-refractivity contribution in [3.63, 3.8) is 0 Å². The van der Waals surface area contributed by atoms with Crippen LogP contribution in [0.3, 0.4) is 0 Å². The number of carboxylic acid groups (broad SMARTS) is 1. The second-order valence-electron chi connectivity index (χ2n) is 4.16. The van der Waals surface area contributed by atoms with Crippen LogP contribution in [-0.2, 0) is 0 Å². The molecule has 5 heteroatoms. The molecule has 0 amide bonds. The van der Waals surface area contributed by atoms with Crippen LogP contribution < -0.4 is 4.74 Å². The predicted molar refractivity (Wildman–Crippen MR) is 74.9 cm³/mol. The molecular formula is C14H12BrNO3. The fourth-order valence-electron chi connectivity index (χ4n) is 1.69. The summed E-state index contributed by atoms with van der Waals surface area (Å²) in [5.74, 6) is 0.0443. The average Bonchev–Trinajstić information content (AvgIpc) is 2.36. The summed E-state index contributed by atoms with van der Waals surface area (Å²) < 4.78 is 6.70. The van der Waals surface area contributed by atoms with Gasteiger partial charge in [-0.2, -0.15) is 0 Å². The number of carbonyl (C=O) groups is 1. The minimum atomic E-state index is -1.08. The van der Waals surface area contributed by atoms with E-state index in [-0.39, 0.29) is 5.69 Å². The summed E-state index contributed by atoms with van der Waals surface area (Å²) in [5.41, 5.74) is 2.08. The molecular weight excluding hydrogens is 310 g/mol. The van der Waals surface area contributed by atoms with Crippen LogP contribution in [0.2, 0.25) is 0 Å². The first-order chi connectivity index (χ1) is 8.97. The lowest BCUT2D eigenvalue weighted by Crippen LogP contribution is -1.99. The van der Waals surface area contributed by atoms with E-state index in [4.69, 9.17) is 9.84 Å². The van der Waals surface area contributed by atoms with Gasteiger partial charge in [-0.15, -0.1) is 0 Å². The third-order valence-corrected chi connectivity index (χ3v) is 3.85. The first-order valence-corrected chi connectivity index (χ1v) is 6.40. The number of aromatic carboxylic acids is 1. The highest BCUT2D eigenvalue weighted by Crippen LogP contribution is 2.29. The van der Waals surface area contributed by atoms with Gasteiger partial charge in [0.2, 0.25) is 0 Å². The number of hydrogen-bond acceptors (Lipinski definition) is 3. The molecule has 2 rings (SSSR count). The van der Waals surface area contributed by atoms with Gasteiger partial charge >= 0.3 is 5.97 Å². The Morgan fingerprint density at radius 3 is 2.42 bits per heavy atom. The Hall–Kier alpha value is -1.88. The minimum absolute atomic E-state index is 0.0388. The van der Waals surface area contributed by atoms with Crippen LogP contribution in [0.4, 0.5) is 0 Å². The Kier molecular flexibility index (Phi) is 3.85. The molecule has 0 radical (unpaired) electrons. The highest BCUT2D eigenvalue weighted by molar-refractivity contribution is 9.10. The molecule has 98 valence electrons. The second kappa shape index (κ2) is 5.40. The summed E-state index contributed by atoms with van der Waals surface area (Å²) in [5, 5.41) is 8.88. The number of halogens is 1. The van der Waals surface area contributed by atoms with E-state index in [0.717, 1.165) is 15.6 Å². The summed E-state index contributed by atoms with van der Waals surface area (Å²) in [7, 11) is 0. The van der Waals surface area contributed by atoms with Gasteiger partial charge in [0.05, 0.1) is 0 Å². The van der Waals surface area contributed by atoms with Gasteiger partial charge in [-0.3, -0.25) is 0 Å². The molecule has 0 fully saturated rings. The summed E-state index contributed by atoms with van der Waals surface area (Å²) in [6, 6.07) is 6.80. The SMILES string of the molecule is Cc1cc(Oc2ccnc(C(=O)O)c2)cc(C)c1Br. The number of carboxylic acids is 1. The van der Waals surface area contributed by atoms with Gasteiger partial charge in [0.1, 0.15) is 11.5 Å². The maximum atomic E-state index is 10.8. The van der Waals surface area contributed by atoms with Gasteiger partial charge in [0, 0.05) is 16.7 Å². The molecule has 1 aromatic carbocycles. The summed E-state index contributed by atoms with van der Waals surface area (Å²) in [6.07, 6.45) is 1.41. The van der Waals surface area contributed by atoms with Crippen LogP contribution in [0.1, 0.15) is 21.6 Å². The van der Waals surface area contributed by atoms with E-state index in [9.17, 15) is 4.79 Å². The molecule has 0 aliphatic rings. The van der Waals surface area contributed by atoms with Crippen molar-refractivity contribution in [2.45, 2.75) is 13.8 Å². The number of pyridine rings is 1. The lowest BCUT2D eigenvalue weighted by molar-refractivity contribution is 0.0690. The average molecular weight is 322 g/mol. The highest BCUT2D eigenvalue weighted by Gasteiger charge is 2.08. The second-order valence-corrected chi connectivity index (χ2v) is 4.95. The van der Waals surface area contributed by atoms with E-state index < -0.39 is 5.97 Å². The minimum Gasteiger partial charge on any atom is -0.477 e. The zero-order valence-corrected chi connectivity index (χ0v) is 12.1. The van der Waals surface area contributed by atoms with Crippen molar-refractivity contribution in [2.75, 3.05) is 0 Å². The van der Waals surface area contributed by atoms with Crippen LogP contribution in [0.5, 0.6) is 11.5 Å². The number of aromatic nitrogens is 1. The topological polar surface area (TPSA) is 59.4 Å². The number of benzene rings is 1. The van der Waals surface area contributed by atoms with Crippen LogP contribution >= 0.6 is 15.9 Å². The molecule has 0 spiro atoms. The quantitative estimate of drug-likeness (QED) is 0.929. The molecule has 0 saturated heterocycles. The smallest absolute Gasteiger partial charge is 0.354 e. The number of ether oxygens (including phenoxy) is 1. The maximum Gasteiger partial charge on any atom is 0.354 e. The Morgan fingerprint density at radius 2 is 1.84 bits per heavy atom. The zero-order chi connectivity index (χ0) is 14.0. The van der Waals surface area contributed by atoms with Gasteiger partial charge in [0.15, 0.2) is 5.69 Å². The molecule has 2 aromatic rings. The standard InChI is InChI=1S/C14H12BrNO3/c1-8-5-11(6-9(2)13(8)15)19-10-3-4-16-12(7-10)14(17)18/h3-7H,1-2H3,(H,17,18). The maximum absolute atomic E-state index is 10.8. The summed E-state index contributed by atoms with van der Waals surface area (Å²) in [6.45, 7) is 3.94. The van der Waals surface area contributed by atoms with Crippen molar-refractivity contribution in [1.29, 1.82) is 0 Å². The molecule has 0 saturated carbocycles. The van der Waals surface area contributed by atoms with Crippen molar-refractivity contribution in [2.24, 2.45) is 0 Å². The van der Waals surface area contributed by atoms with Crippen molar-refractivity contribution in [3.8, 4) is 11.5 Å². The Balaban J connectivity index is 2.31. The van der Waals surface area contributed by atoms with Gasteiger partial charge in [-0.05, 0) is 43.2 Å². The third kappa shape index (κ3) is 3.12. The fourth-order valence-corrected chi connectivity index (χ4v) is 1.92. The molecule has 4 nitrogen and oxygen atoms in total. The van der Waals surface area contributed by atoms with E-state index in [1.165, 1.54) is 12.3 Å². The predicted octanol–water partition coefficient (Wildman–Crippen LogP) is 3.95. The largest absolute Gasteiger partial charge is 0.477 e. The molecule has 0 aliphatic carbocycles. The van der Waals surface area contributed by atoms with Crippen LogP contribution in [-0.4, -0.2) is 16.1 Å². The van der Waals surface area contributed by atoms with E-state index in [2.05, 4.69) is 20.9 Å². The van der Waals surface area contributed by atoms with Crippen molar-refractivity contribution in [1.82, 2.24) is 4.98 Å². The van der Waals surface area contributed by atoms with Gasteiger partial charge < -0.3 is 9.84 Å². The summed E-state index contributed by atoms with van der Waals surface area (Å²) in [4.78, 5) is 14.6. The first kappa shape index (κ1) is 13.5. The zero-order valence-electron chi connectivity index (χ0n) is 10.5. The van der Waals surface area contributed by atoms with E-state index in [0.29, 0.717) is 11.5 Å². The number of hydrogen-bond donors (Lipinski definition) is 1. The van der Waals surface area contributed by atoms with Crippen molar-refractivity contribution >= 4 is 21.9 Å². The molecule has 0 bridgehead atoms. The van der Waals surface area contributed by atoms with Crippen LogP contribution in [0.25, 0.3) is 0 Å². The number of nitrogens with zero attached hydrogens (tertiary/aromatic N) is 1. The molecule has 1 heterocycles. The lowest BCUT2D eigenvalue weighted by atomic mass is 10.1. The Morgan fingerprint density at radius 1 is 1.21 bits per heavy atom. The monoisotopic (exact) mass is 321 g/mol. The molecule has 0 unspecified atom stereocenters.